The second kappa shape index (κ2) is 8.13. The average Bonchev–Trinajstić information content (AvgIpc) is 3.10. The molecule has 0 bridgehead atoms. The van der Waals surface area contributed by atoms with E-state index in [9.17, 15) is 13.2 Å². The van der Waals surface area contributed by atoms with Crippen molar-refractivity contribution in [2.75, 3.05) is 13.6 Å². The van der Waals surface area contributed by atoms with Crippen LogP contribution >= 0.6 is 0 Å². The van der Waals surface area contributed by atoms with Gasteiger partial charge in [-0.15, -0.1) is 0 Å². The van der Waals surface area contributed by atoms with Gasteiger partial charge in [0.1, 0.15) is 5.82 Å². The fourth-order valence-electron chi connectivity index (χ4n) is 3.85. The van der Waals surface area contributed by atoms with Gasteiger partial charge in [0, 0.05) is 28.2 Å². The van der Waals surface area contributed by atoms with E-state index in [2.05, 4.69) is 5.32 Å². The number of rotatable bonds is 6. The summed E-state index contributed by atoms with van der Waals surface area (Å²) in [6, 6.07) is 18.2. The molecule has 1 N–H and O–H groups in total. The highest BCUT2D eigenvalue weighted by molar-refractivity contribution is 5.96. The van der Waals surface area contributed by atoms with Gasteiger partial charge in [-0.2, -0.15) is 0 Å². The Morgan fingerprint density at radius 2 is 1.69 bits per heavy atom. The van der Waals surface area contributed by atoms with Crippen LogP contribution < -0.4 is 5.32 Å². The molecule has 4 rings (SSSR count). The maximum atomic E-state index is 14.6. The van der Waals surface area contributed by atoms with Crippen LogP contribution in [-0.4, -0.2) is 18.2 Å². The molecule has 2 nitrogen and oxygen atoms in total. The molecule has 5 heteroatoms. The van der Waals surface area contributed by atoms with E-state index in [1.807, 2.05) is 48.1 Å². The first kappa shape index (κ1) is 19.3. The topological polar surface area (TPSA) is 17.0 Å². The molecule has 0 fully saturated rings. The third kappa shape index (κ3) is 3.66. The molecular weight excluding hydrogens is 373 g/mol. The molecule has 0 aliphatic heterocycles. The lowest BCUT2D eigenvalue weighted by atomic mass is 10.0. The van der Waals surface area contributed by atoms with Gasteiger partial charge in [-0.1, -0.05) is 42.5 Å². The maximum Gasteiger partial charge on any atom is 0.166 e. The summed E-state index contributed by atoms with van der Waals surface area (Å²) in [5.74, 6) is -2.05. The van der Waals surface area contributed by atoms with Crippen LogP contribution in [0.4, 0.5) is 13.2 Å². The van der Waals surface area contributed by atoms with E-state index >= 15 is 0 Å². The van der Waals surface area contributed by atoms with E-state index in [1.54, 1.807) is 12.1 Å². The predicted molar refractivity (Wildman–Crippen MR) is 110 cm³/mol. The lowest BCUT2D eigenvalue weighted by Crippen LogP contribution is -2.17. The lowest BCUT2D eigenvalue weighted by molar-refractivity contribution is 0.511. The molecule has 0 saturated heterocycles. The molecule has 1 heterocycles. The van der Waals surface area contributed by atoms with Crippen molar-refractivity contribution in [1.82, 2.24) is 9.88 Å². The van der Waals surface area contributed by atoms with Gasteiger partial charge in [-0.25, -0.2) is 13.2 Å². The molecule has 0 aliphatic carbocycles. The van der Waals surface area contributed by atoms with Crippen molar-refractivity contribution in [2.24, 2.45) is 0 Å². The summed E-state index contributed by atoms with van der Waals surface area (Å²) in [4.78, 5) is 0. The van der Waals surface area contributed by atoms with E-state index in [1.165, 1.54) is 18.2 Å². The molecule has 0 aliphatic rings. The number of para-hydroxylation sites is 1. The van der Waals surface area contributed by atoms with E-state index in [4.69, 9.17) is 0 Å². The number of hydrogen-bond donors (Lipinski definition) is 1. The minimum Gasteiger partial charge on any atom is -0.339 e. The molecule has 0 amide bonds. The number of nitrogens with one attached hydrogen (secondary N) is 1. The standard InChI is InChI=1S/C24H21F3N2/c1-28-13-12-22(16-6-4-7-17(25)14-16)29-15-20(18-8-2-3-11-23(18)29)19-9-5-10-21(26)24(19)27/h2-11,14-15,22,28H,12-13H2,1H3. The Hall–Kier alpha value is -3.05. The number of benzene rings is 3. The number of fused-ring (bicyclic) bond motifs is 1. The number of nitrogens with zero attached hydrogens (tertiary/aromatic N) is 1. The van der Waals surface area contributed by atoms with Crippen LogP contribution in [0.15, 0.2) is 72.9 Å². The predicted octanol–water partition coefficient (Wildman–Crippen LogP) is 5.92. The van der Waals surface area contributed by atoms with E-state index < -0.39 is 11.6 Å². The third-order valence-electron chi connectivity index (χ3n) is 5.22. The molecule has 3 aromatic carbocycles. The monoisotopic (exact) mass is 394 g/mol. The summed E-state index contributed by atoms with van der Waals surface area (Å²) in [6.45, 7) is 0.720. The van der Waals surface area contributed by atoms with Gasteiger partial charge in [0.2, 0.25) is 0 Å². The molecule has 1 unspecified atom stereocenters. The molecule has 0 radical (unpaired) electrons. The quantitative estimate of drug-likeness (QED) is 0.429. The Kier molecular flexibility index (Phi) is 5.41. The zero-order valence-electron chi connectivity index (χ0n) is 16.0. The number of halogens is 3. The Balaban J connectivity index is 1.93. The maximum absolute atomic E-state index is 14.6. The molecule has 148 valence electrons. The van der Waals surface area contributed by atoms with Crippen LogP contribution in [0.2, 0.25) is 0 Å². The smallest absolute Gasteiger partial charge is 0.166 e. The van der Waals surface area contributed by atoms with Crippen molar-refractivity contribution in [3.8, 4) is 11.1 Å². The molecule has 1 aromatic heterocycles. The first-order chi connectivity index (χ1) is 14.1. The van der Waals surface area contributed by atoms with Crippen molar-refractivity contribution in [2.45, 2.75) is 12.5 Å². The first-order valence-electron chi connectivity index (χ1n) is 9.54. The van der Waals surface area contributed by atoms with Crippen LogP contribution in [0.3, 0.4) is 0 Å². The van der Waals surface area contributed by atoms with Gasteiger partial charge >= 0.3 is 0 Å². The molecule has 1 atom stereocenters. The van der Waals surface area contributed by atoms with Crippen molar-refractivity contribution in [1.29, 1.82) is 0 Å². The summed E-state index contributed by atoms with van der Waals surface area (Å²) in [5.41, 5.74) is 2.54. The van der Waals surface area contributed by atoms with Crippen molar-refractivity contribution >= 4 is 10.9 Å². The molecule has 29 heavy (non-hydrogen) atoms. The number of aromatic nitrogens is 1. The second-order valence-corrected chi connectivity index (χ2v) is 7.03. The fraction of sp³-hybridized carbons (Fsp3) is 0.167. The van der Waals surface area contributed by atoms with Gasteiger partial charge in [0.05, 0.1) is 6.04 Å². The highest BCUT2D eigenvalue weighted by Crippen LogP contribution is 2.36. The Morgan fingerprint density at radius 1 is 0.897 bits per heavy atom. The summed E-state index contributed by atoms with van der Waals surface area (Å²) >= 11 is 0. The van der Waals surface area contributed by atoms with Crippen LogP contribution in [0.1, 0.15) is 18.0 Å². The highest BCUT2D eigenvalue weighted by Gasteiger charge is 2.21. The lowest BCUT2D eigenvalue weighted by Gasteiger charge is -2.21. The zero-order valence-corrected chi connectivity index (χ0v) is 16.0. The third-order valence-corrected chi connectivity index (χ3v) is 5.22. The van der Waals surface area contributed by atoms with Crippen molar-refractivity contribution in [3.05, 3.63) is 95.9 Å². The Morgan fingerprint density at radius 3 is 2.48 bits per heavy atom. The van der Waals surface area contributed by atoms with Gasteiger partial charge in [-0.05, 0) is 49.8 Å². The summed E-state index contributed by atoms with van der Waals surface area (Å²) < 4.78 is 44.4. The zero-order chi connectivity index (χ0) is 20.4. The SMILES string of the molecule is CNCCC(c1cccc(F)c1)n1cc(-c2cccc(F)c2F)c2ccccc21. The Bertz CT molecular complexity index is 1150. The van der Waals surface area contributed by atoms with Crippen LogP contribution in [0, 0.1) is 17.5 Å². The van der Waals surface area contributed by atoms with Crippen LogP contribution in [0.25, 0.3) is 22.0 Å². The van der Waals surface area contributed by atoms with E-state index in [0.717, 1.165) is 29.1 Å². The van der Waals surface area contributed by atoms with Gasteiger partial charge < -0.3 is 9.88 Å². The molecular formula is C24H21F3N2. The second-order valence-electron chi connectivity index (χ2n) is 7.03. The fourth-order valence-corrected chi connectivity index (χ4v) is 3.85. The minimum absolute atomic E-state index is 0.159. The molecule has 4 aromatic rings. The van der Waals surface area contributed by atoms with E-state index in [0.29, 0.717) is 12.0 Å². The summed E-state index contributed by atoms with van der Waals surface area (Å²) in [5, 5.41) is 3.96. The van der Waals surface area contributed by atoms with Gasteiger partial charge in [0.25, 0.3) is 0 Å². The highest BCUT2D eigenvalue weighted by atomic mass is 19.2. The molecule has 0 saturated carbocycles. The first-order valence-corrected chi connectivity index (χ1v) is 9.54. The van der Waals surface area contributed by atoms with Crippen molar-refractivity contribution in [3.63, 3.8) is 0 Å². The minimum atomic E-state index is -0.879. The normalized spacial score (nSPS) is 12.4. The summed E-state index contributed by atoms with van der Waals surface area (Å²) in [7, 11) is 1.87. The van der Waals surface area contributed by atoms with Gasteiger partial charge in [-0.3, -0.25) is 0 Å². The van der Waals surface area contributed by atoms with Gasteiger partial charge in [0.15, 0.2) is 11.6 Å². The van der Waals surface area contributed by atoms with Crippen LogP contribution in [0.5, 0.6) is 0 Å². The molecule has 0 spiro atoms. The van der Waals surface area contributed by atoms with Crippen molar-refractivity contribution < 1.29 is 13.2 Å². The summed E-state index contributed by atoms with van der Waals surface area (Å²) in [6.07, 6.45) is 2.55. The van der Waals surface area contributed by atoms with Crippen LogP contribution in [-0.2, 0) is 0 Å². The largest absolute Gasteiger partial charge is 0.339 e. The average molecular weight is 394 g/mol. The number of hydrogen-bond acceptors (Lipinski definition) is 1. The Labute approximate surface area is 167 Å². The van der Waals surface area contributed by atoms with E-state index in [-0.39, 0.29) is 17.4 Å².